The van der Waals surface area contributed by atoms with Gasteiger partial charge >= 0.3 is 0 Å². The monoisotopic (exact) mass is 419 g/mol. The maximum atomic E-state index is 12.5. The van der Waals surface area contributed by atoms with E-state index in [-0.39, 0.29) is 17.9 Å². The fourth-order valence-electron chi connectivity index (χ4n) is 3.29. The molecule has 1 atom stereocenters. The molecule has 0 radical (unpaired) electrons. The summed E-state index contributed by atoms with van der Waals surface area (Å²) in [6.07, 6.45) is 0. The smallest absolute Gasteiger partial charge is 0.253 e. The van der Waals surface area contributed by atoms with Crippen molar-refractivity contribution < 1.29 is 9.59 Å². The van der Waals surface area contributed by atoms with E-state index in [1.54, 1.807) is 12.1 Å². The second kappa shape index (κ2) is 9.41. The van der Waals surface area contributed by atoms with Crippen molar-refractivity contribution in [1.82, 2.24) is 15.1 Å². The summed E-state index contributed by atoms with van der Waals surface area (Å²) in [7, 11) is 0. The highest BCUT2D eigenvalue weighted by atomic mass is 35.5. The van der Waals surface area contributed by atoms with Gasteiger partial charge in [0, 0.05) is 41.8 Å². The van der Waals surface area contributed by atoms with Crippen LogP contribution in [0.2, 0.25) is 10.0 Å². The highest BCUT2D eigenvalue weighted by Gasteiger charge is 2.23. The first-order valence-electron chi connectivity index (χ1n) is 9.25. The van der Waals surface area contributed by atoms with Crippen LogP contribution in [0.15, 0.2) is 48.5 Å². The van der Waals surface area contributed by atoms with Crippen molar-refractivity contribution in [2.45, 2.75) is 13.0 Å². The van der Waals surface area contributed by atoms with Crippen LogP contribution < -0.4 is 5.32 Å². The molecule has 0 aromatic heterocycles. The number of halogens is 2. The summed E-state index contributed by atoms with van der Waals surface area (Å²) in [6, 6.07) is 14.3. The van der Waals surface area contributed by atoms with Crippen molar-refractivity contribution in [2.75, 3.05) is 32.7 Å². The molecule has 0 saturated carbocycles. The van der Waals surface area contributed by atoms with Gasteiger partial charge in [0.2, 0.25) is 5.91 Å². The van der Waals surface area contributed by atoms with Gasteiger partial charge in [-0.05, 0) is 36.8 Å². The van der Waals surface area contributed by atoms with Crippen LogP contribution in [0.1, 0.15) is 28.9 Å². The molecule has 28 heavy (non-hydrogen) atoms. The van der Waals surface area contributed by atoms with Crippen LogP contribution in [0.25, 0.3) is 0 Å². The Morgan fingerprint density at radius 2 is 1.71 bits per heavy atom. The van der Waals surface area contributed by atoms with Gasteiger partial charge in [0.1, 0.15) is 0 Å². The average molecular weight is 420 g/mol. The molecule has 7 heteroatoms. The minimum atomic E-state index is -0.210. The van der Waals surface area contributed by atoms with Crippen molar-refractivity contribution in [1.29, 1.82) is 0 Å². The summed E-state index contributed by atoms with van der Waals surface area (Å²) in [6.45, 7) is 4.75. The zero-order chi connectivity index (χ0) is 20.1. The Balaban J connectivity index is 1.48. The van der Waals surface area contributed by atoms with Gasteiger partial charge in [-0.2, -0.15) is 0 Å². The maximum absolute atomic E-state index is 12.5. The van der Waals surface area contributed by atoms with Gasteiger partial charge in [-0.3, -0.25) is 14.5 Å². The second-order valence-corrected chi connectivity index (χ2v) is 7.73. The molecule has 1 fully saturated rings. The molecule has 2 aromatic rings. The second-order valence-electron chi connectivity index (χ2n) is 6.89. The minimum Gasteiger partial charge on any atom is -0.348 e. The molecule has 0 spiro atoms. The van der Waals surface area contributed by atoms with Crippen LogP contribution in [0.3, 0.4) is 0 Å². The van der Waals surface area contributed by atoms with E-state index in [9.17, 15) is 9.59 Å². The highest BCUT2D eigenvalue weighted by Crippen LogP contribution is 2.26. The first-order valence-corrected chi connectivity index (χ1v) is 10.0. The molecule has 1 saturated heterocycles. The number of nitrogens with zero attached hydrogens (tertiary/aromatic N) is 2. The van der Waals surface area contributed by atoms with E-state index in [0.29, 0.717) is 48.3 Å². The van der Waals surface area contributed by atoms with Gasteiger partial charge < -0.3 is 10.2 Å². The molecule has 3 rings (SSSR count). The number of amides is 2. The van der Waals surface area contributed by atoms with E-state index in [4.69, 9.17) is 23.2 Å². The van der Waals surface area contributed by atoms with Crippen LogP contribution in [-0.2, 0) is 4.79 Å². The highest BCUT2D eigenvalue weighted by molar-refractivity contribution is 6.35. The Bertz CT molecular complexity index is 837. The summed E-state index contributed by atoms with van der Waals surface area (Å²) in [5.41, 5.74) is 1.53. The normalized spacial score (nSPS) is 15.9. The number of carbonyl (C=O) groups is 2. The van der Waals surface area contributed by atoms with Crippen molar-refractivity contribution in [3.63, 3.8) is 0 Å². The summed E-state index contributed by atoms with van der Waals surface area (Å²) in [5.74, 6) is -0.0305. The molecule has 2 amide bonds. The zero-order valence-electron chi connectivity index (χ0n) is 15.7. The van der Waals surface area contributed by atoms with E-state index >= 15 is 0 Å². The number of hydrogen-bond acceptors (Lipinski definition) is 3. The molecule has 1 heterocycles. The summed E-state index contributed by atoms with van der Waals surface area (Å²) < 4.78 is 0. The minimum absolute atomic E-state index is 0.0377. The molecule has 2 aromatic carbocycles. The lowest BCUT2D eigenvalue weighted by molar-refractivity contribution is -0.123. The van der Waals surface area contributed by atoms with Crippen LogP contribution in [0, 0.1) is 0 Å². The number of nitrogens with one attached hydrogen (secondary N) is 1. The van der Waals surface area contributed by atoms with Gasteiger partial charge in [0.25, 0.3) is 5.91 Å². The first-order chi connectivity index (χ1) is 13.4. The Hall–Kier alpha value is -2.08. The van der Waals surface area contributed by atoms with E-state index in [0.717, 1.165) is 5.56 Å². The van der Waals surface area contributed by atoms with E-state index < -0.39 is 0 Å². The van der Waals surface area contributed by atoms with Gasteiger partial charge in [0.05, 0.1) is 12.6 Å². The SMILES string of the molecule is C[C@H](NC(=O)CN1CCN(C(=O)c2ccccc2)CC1)c1ccc(Cl)cc1Cl. The predicted molar refractivity (Wildman–Crippen MR) is 112 cm³/mol. The van der Waals surface area contributed by atoms with Crippen molar-refractivity contribution in [2.24, 2.45) is 0 Å². The van der Waals surface area contributed by atoms with Gasteiger partial charge in [-0.25, -0.2) is 0 Å². The Morgan fingerprint density at radius 1 is 1.04 bits per heavy atom. The molecule has 1 aliphatic rings. The van der Waals surface area contributed by atoms with Gasteiger partial charge in [-0.15, -0.1) is 0 Å². The lowest BCUT2D eigenvalue weighted by atomic mass is 10.1. The molecule has 0 bridgehead atoms. The number of benzene rings is 2. The average Bonchev–Trinajstić information content (AvgIpc) is 2.68. The standard InChI is InChI=1S/C21H23Cl2N3O2/c1-15(18-8-7-17(22)13-19(18)23)24-20(27)14-25-9-11-26(12-10-25)21(28)16-5-3-2-4-6-16/h2-8,13,15H,9-12,14H2,1H3,(H,24,27)/t15-/m0/s1. The maximum Gasteiger partial charge on any atom is 0.253 e. The van der Waals surface area contributed by atoms with Crippen LogP contribution >= 0.6 is 23.2 Å². The number of hydrogen-bond donors (Lipinski definition) is 1. The summed E-state index contributed by atoms with van der Waals surface area (Å²) in [5, 5.41) is 4.08. The van der Waals surface area contributed by atoms with Crippen molar-refractivity contribution >= 4 is 35.0 Å². The Labute approximate surface area is 175 Å². The summed E-state index contributed by atoms with van der Waals surface area (Å²) >= 11 is 12.1. The quantitative estimate of drug-likeness (QED) is 0.804. The number of piperazine rings is 1. The fourth-order valence-corrected chi connectivity index (χ4v) is 3.87. The topological polar surface area (TPSA) is 52.7 Å². The first kappa shape index (κ1) is 20.6. The van der Waals surface area contributed by atoms with E-state index in [1.807, 2.05) is 48.2 Å². The molecule has 0 aliphatic carbocycles. The third-order valence-electron chi connectivity index (χ3n) is 4.85. The largest absolute Gasteiger partial charge is 0.348 e. The zero-order valence-corrected chi connectivity index (χ0v) is 17.2. The molecular weight excluding hydrogens is 397 g/mol. The lowest BCUT2D eigenvalue weighted by Crippen LogP contribution is -2.51. The number of rotatable bonds is 5. The number of carbonyl (C=O) groups excluding carboxylic acids is 2. The fraction of sp³-hybridized carbons (Fsp3) is 0.333. The lowest BCUT2D eigenvalue weighted by Gasteiger charge is -2.34. The van der Waals surface area contributed by atoms with E-state index in [2.05, 4.69) is 10.2 Å². The molecule has 5 nitrogen and oxygen atoms in total. The Morgan fingerprint density at radius 3 is 2.36 bits per heavy atom. The Kier molecular flexibility index (Phi) is 6.94. The molecule has 148 valence electrons. The summed E-state index contributed by atoms with van der Waals surface area (Å²) in [4.78, 5) is 28.8. The molecular formula is C21H23Cl2N3O2. The van der Waals surface area contributed by atoms with Gasteiger partial charge in [0.15, 0.2) is 0 Å². The molecule has 1 aliphatic heterocycles. The third kappa shape index (κ3) is 5.25. The van der Waals surface area contributed by atoms with Crippen molar-refractivity contribution in [3.8, 4) is 0 Å². The van der Waals surface area contributed by atoms with Crippen LogP contribution in [0.4, 0.5) is 0 Å². The predicted octanol–water partition coefficient (Wildman–Crippen LogP) is 3.63. The molecule has 0 unspecified atom stereocenters. The molecule has 1 N–H and O–H groups in total. The van der Waals surface area contributed by atoms with Gasteiger partial charge in [-0.1, -0.05) is 47.5 Å². The van der Waals surface area contributed by atoms with Crippen LogP contribution in [0.5, 0.6) is 0 Å². The third-order valence-corrected chi connectivity index (χ3v) is 5.42. The van der Waals surface area contributed by atoms with Crippen LogP contribution in [-0.4, -0.2) is 54.3 Å². The van der Waals surface area contributed by atoms with E-state index in [1.165, 1.54) is 0 Å². The van der Waals surface area contributed by atoms with Crippen molar-refractivity contribution in [3.05, 3.63) is 69.7 Å².